The summed E-state index contributed by atoms with van der Waals surface area (Å²) in [5.41, 5.74) is 0.121. The number of allylic oxidation sites excluding steroid dienone is 1. The van der Waals surface area contributed by atoms with Gasteiger partial charge < -0.3 is 4.74 Å². The van der Waals surface area contributed by atoms with Gasteiger partial charge in [0.05, 0.1) is 6.61 Å². The molecule has 0 aromatic carbocycles. The molecule has 1 aliphatic rings. The largest absolute Gasteiger partial charge is 0.478 e. The number of nitrogens with zero attached hydrogens (tertiary/aromatic N) is 2. The first-order valence-electron chi connectivity index (χ1n) is 5.15. The van der Waals surface area contributed by atoms with Gasteiger partial charge in [-0.15, -0.1) is 0 Å². The van der Waals surface area contributed by atoms with Crippen molar-refractivity contribution in [3.8, 4) is 0 Å². The Labute approximate surface area is 86.4 Å². The molecular formula is C11H20N2O. The van der Waals surface area contributed by atoms with Crippen LogP contribution in [0.5, 0.6) is 0 Å². The fourth-order valence-corrected chi connectivity index (χ4v) is 1.17. The lowest BCUT2D eigenvalue weighted by Crippen LogP contribution is -2.27. The van der Waals surface area contributed by atoms with Gasteiger partial charge in [-0.2, -0.15) is 5.10 Å². The van der Waals surface area contributed by atoms with Crippen molar-refractivity contribution in [2.75, 3.05) is 13.2 Å². The molecule has 1 saturated heterocycles. The van der Waals surface area contributed by atoms with E-state index in [-0.39, 0.29) is 5.41 Å². The average molecular weight is 196 g/mol. The minimum Gasteiger partial charge on any atom is -0.478 e. The molecule has 0 aliphatic carbocycles. The van der Waals surface area contributed by atoms with E-state index in [0.29, 0.717) is 0 Å². The topological polar surface area (TPSA) is 24.8 Å². The predicted octanol–water partition coefficient (Wildman–Crippen LogP) is 2.60. The molecule has 3 nitrogen and oxygen atoms in total. The fraction of sp³-hybridized carbons (Fsp3) is 0.727. The second-order valence-corrected chi connectivity index (χ2v) is 4.56. The van der Waals surface area contributed by atoms with Crippen molar-refractivity contribution >= 4 is 6.21 Å². The molecule has 0 saturated carbocycles. The molecule has 0 aromatic rings. The first-order chi connectivity index (χ1) is 6.53. The zero-order valence-electron chi connectivity index (χ0n) is 9.58. The van der Waals surface area contributed by atoms with Gasteiger partial charge in [0.2, 0.25) is 5.88 Å². The molecule has 0 spiro atoms. The third kappa shape index (κ3) is 3.40. The molecular weight excluding hydrogens is 176 g/mol. The zero-order valence-corrected chi connectivity index (χ0v) is 9.58. The summed E-state index contributed by atoms with van der Waals surface area (Å²) >= 11 is 0. The standard InChI is InChI=1S/C11H20N2O/c1-5-10-13(7-6-8-14-10)12-9-11(2,3)4/h5,9H,6-8H2,1-4H3/b10-5+,12-9-. The van der Waals surface area contributed by atoms with Gasteiger partial charge in [0.1, 0.15) is 0 Å². The molecule has 0 bridgehead atoms. The van der Waals surface area contributed by atoms with Gasteiger partial charge in [-0.05, 0) is 18.4 Å². The Hall–Kier alpha value is -0.990. The molecule has 3 heteroatoms. The Kier molecular flexibility index (Phi) is 3.55. The fourth-order valence-electron chi connectivity index (χ4n) is 1.17. The first-order valence-corrected chi connectivity index (χ1v) is 5.15. The second kappa shape index (κ2) is 4.49. The third-order valence-corrected chi connectivity index (χ3v) is 1.85. The Morgan fingerprint density at radius 2 is 2.14 bits per heavy atom. The molecule has 0 atom stereocenters. The number of hydrogen-bond donors (Lipinski definition) is 0. The van der Waals surface area contributed by atoms with E-state index in [1.807, 2.05) is 24.2 Å². The van der Waals surface area contributed by atoms with Crippen LogP contribution in [0.3, 0.4) is 0 Å². The highest BCUT2D eigenvalue weighted by Crippen LogP contribution is 2.16. The molecule has 14 heavy (non-hydrogen) atoms. The molecule has 1 aliphatic heterocycles. The van der Waals surface area contributed by atoms with Gasteiger partial charge in [0, 0.05) is 19.2 Å². The monoisotopic (exact) mass is 196 g/mol. The molecule has 0 radical (unpaired) electrons. The molecule has 0 N–H and O–H groups in total. The average Bonchev–Trinajstić information content (AvgIpc) is 2.14. The summed E-state index contributed by atoms with van der Waals surface area (Å²) in [5.74, 6) is 0.872. The van der Waals surface area contributed by atoms with Crippen LogP contribution in [-0.4, -0.2) is 24.4 Å². The highest BCUT2D eigenvalue weighted by Gasteiger charge is 2.15. The van der Waals surface area contributed by atoms with Crippen LogP contribution in [0.1, 0.15) is 34.1 Å². The van der Waals surface area contributed by atoms with E-state index in [4.69, 9.17) is 4.74 Å². The molecule has 1 rings (SSSR count). The van der Waals surface area contributed by atoms with Crippen LogP contribution in [0.2, 0.25) is 0 Å². The van der Waals surface area contributed by atoms with Gasteiger partial charge in [0.15, 0.2) is 0 Å². The zero-order chi connectivity index (χ0) is 10.6. The van der Waals surface area contributed by atoms with E-state index in [0.717, 1.165) is 25.5 Å². The van der Waals surface area contributed by atoms with E-state index >= 15 is 0 Å². The summed E-state index contributed by atoms with van der Waals surface area (Å²) in [7, 11) is 0. The lowest BCUT2D eigenvalue weighted by atomic mass is 9.99. The third-order valence-electron chi connectivity index (χ3n) is 1.85. The van der Waals surface area contributed by atoms with Crippen LogP contribution < -0.4 is 0 Å². The van der Waals surface area contributed by atoms with Gasteiger partial charge >= 0.3 is 0 Å². The van der Waals surface area contributed by atoms with Crippen LogP contribution in [0, 0.1) is 5.41 Å². The van der Waals surface area contributed by atoms with Gasteiger partial charge in [-0.1, -0.05) is 20.8 Å². The molecule has 1 heterocycles. The van der Waals surface area contributed by atoms with Crippen LogP contribution in [0.25, 0.3) is 0 Å². The smallest absolute Gasteiger partial charge is 0.205 e. The summed E-state index contributed by atoms with van der Waals surface area (Å²) < 4.78 is 5.48. The van der Waals surface area contributed by atoms with Crippen molar-refractivity contribution in [3.63, 3.8) is 0 Å². The van der Waals surface area contributed by atoms with Crippen molar-refractivity contribution < 1.29 is 4.74 Å². The Balaban J connectivity index is 2.62. The number of rotatable bonds is 1. The SMILES string of the molecule is C/C=C1/OCCCN1/N=C\C(C)(C)C. The van der Waals surface area contributed by atoms with Crippen LogP contribution in [0.4, 0.5) is 0 Å². The highest BCUT2D eigenvalue weighted by molar-refractivity contribution is 5.63. The van der Waals surface area contributed by atoms with E-state index in [9.17, 15) is 0 Å². The van der Waals surface area contributed by atoms with E-state index < -0.39 is 0 Å². The summed E-state index contributed by atoms with van der Waals surface area (Å²) in [4.78, 5) is 0. The van der Waals surface area contributed by atoms with Crippen molar-refractivity contribution in [1.82, 2.24) is 5.01 Å². The lowest BCUT2D eigenvalue weighted by Gasteiger charge is -2.27. The number of ether oxygens (including phenoxy) is 1. The Bertz CT molecular complexity index is 238. The normalized spacial score (nSPS) is 21.7. The Morgan fingerprint density at radius 3 is 2.71 bits per heavy atom. The summed E-state index contributed by atoms with van der Waals surface area (Å²) in [5, 5.41) is 6.35. The van der Waals surface area contributed by atoms with Crippen LogP contribution in [0.15, 0.2) is 17.1 Å². The number of hydrogen-bond acceptors (Lipinski definition) is 3. The maximum atomic E-state index is 5.48. The van der Waals surface area contributed by atoms with E-state index in [1.54, 1.807) is 0 Å². The molecule has 80 valence electrons. The maximum absolute atomic E-state index is 5.48. The van der Waals surface area contributed by atoms with E-state index in [1.165, 1.54) is 0 Å². The minimum atomic E-state index is 0.121. The predicted molar refractivity (Wildman–Crippen MR) is 59.0 cm³/mol. The lowest BCUT2D eigenvalue weighted by molar-refractivity contribution is 0.0658. The van der Waals surface area contributed by atoms with Gasteiger partial charge in [0.25, 0.3) is 0 Å². The van der Waals surface area contributed by atoms with Crippen LogP contribution >= 0.6 is 0 Å². The van der Waals surface area contributed by atoms with Crippen molar-refractivity contribution in [3.05, 3.63) is 12.0 Å². The minimum absolute atomic E-state index is 0.121. The summed E-state index contributed by atoms with van der Waals surface area (Å²) in [6.45, 7) is 10.1. The molecule has 0 unspecified atom stereocenters. The molecule has 1 fully saturated rings. The molecule has 0 amide bonds. The van der Waals surface area contributed by atoms with E-state index in [2.05, 4.69) is 25.9 Å². The van der Waals surface area contributed by atoms with Gasteiger partial charge in [-0.3, -0.25) is 0 Å². The number of hydrazone groups is 1. The maximum Gasteiger partial charge on any atom is 0.205 e. The van der Waals surface area contributed by atoms with Crippen LogP contribution in [-0.2, 0) is 4.74 Å². The summed E-state index contributed by atoms with van der Waals surface area (Å²) in [6, 6.07) is 0. The quantitative estimate of drug-likeness (QED) is 0.602. The molecule has 0 aromatic heterocycles. The van der Waals surface area contributed by atoms with Crippen molar-refractivity contribution in [2.24, 2.45) is 10.5 Å². The second-order valence-electron chi connectivity index (χ2n) is 4.56. The highest BCUT2D eigenvalue weighted by atomic mass is 16.5. The van der Waals surface area contributed by atoms with Crippen molar-refractivity contribution in [1.29, 1.82) is 0 Å². The van der Waals surface area contributed by atoms with Crippen molar-refractivity contribution in [2.45, 2.75) is 34.1 Å². The Morgan fingerprint density at radius 1 is 1.43 bits per heavy atom. The first kappa shape index (κ1) is 11.1. The summed E-state index contributed by atoms with van der Waals surface area (Å²) in [6.07, 6.45) is 4.96. The van der Waals surface area contributed by atoms with Gasteiger partial charge in [-0.25, -0.2) is 5.01 Å².